The van der Waals surface area contributed by atoms with Crippen molar-refractivity contribution < 1.29 is 9.94 Å². The number of aromatic nitrogens is 1. The van der Waals surface area contributed by atoms with Crippen molar-refractivity contribution in [3.8, 4) is 0 Å². The Morgan fingerprint density at radius 1 is 1.53 bits per heavy atom. The molecule has 1 aromatic carbocycles. The lowest BCUT2D eigenvalue weighted by atomic mass is 10.2. The molecule has 1 unspecified atom stereocenters. The molecule has 0 amide bonds. The number of amidine groups is 1. The first-order valence-electron chi connectivity index (χ1n) is 5.97. The van der Waals surface area contributed by atoms with E-state index < -0.39 is 0 Å². The molecule has 0 spiro atoms. The van der Waals surface area contributed by atoms with Crippen LogP contribution in [0.3, 0.4) is 0 Å². The summed E-state index contributed by atoms with van der Waals surface area (Å²) in [5.74, 6) is 0.103. The summed E-state index contributed by atoms with van der Waals surface area (Å²) in [5.41, 5.74) is 6.59. The molecular weight excluding hydrogens is 264 g/mol. The van der Waals surface area contributed by atoms with Crippen LogP contribution in [0.4, 0.5) is 5.13 Å². The second kappa shape index (κ2) is 5.02. The minimum absolute atomic E-state index is 0.103. The Morgan fingerprint density at radius 3 is 3.16 bits per heavy atom. The highest BCUT2D eigenvalue weighted by molar-refractivity contribution is 7.22. The normalized spacial score (nSPS) is 20.9. The third-order valence-electron chi connectivity index (χ3n) is 3.06. The van der Waals surface area contributed by atoms with Crippen molar-refractivity contribution in [1.82, 2.24) is 4.98 Å². The monoisotopic (exact) mass is 278 g/mol. The summed E-state index contributed by atoms with van der Waals surface area (Å²) in [5, 5.41) is 12.7. The highest BCUT2D eigenvalue weighted by atomic mass is 32.1. The highest BCUT2D eigenvalue weighted by Gasteiger charge is 2.25. The highest BCUT2D eigenvalue weighted by Crippen LogP contribution is 2.29. The number of nitrogens with zero attached hydrogens (tertiary/aromatic N) is 3. The van der Waals surface area contributed by atoms with Crippen LogP contribution in [0.15, 0.2) is 29.4 Å². The molecule has 19 heavy (non-hydrogen) atoms. The molecule has 1 fully saturated rings. The Labute approximate surface area is 114 Å². The van der Waals surface area contributed by atoms with Crippen molar-refractivity contribution >= 4 is 32.5 Å². The summed E-state index contributed by atoms with van der Waals surface area (Å²) >= 11 is 1.64. The Kier molecular flexibility index (Phi) is 3.22. The zero-order valence-corrected chi connectivity index (χ0v) is 11.0. The van der Waals surface area contributed by atoms with Crippen molar-refractivity contribution in [2.24, 2.45) is 10.9 Å². The number of morpholine rings is 1. The van der Waals surface area contributed by atoms with Crippen LogP contribution in [0.2, 0.25) is 0 Å². The number of para-hydroxylation sites is 1. The van der Waals surface area contributed by atoms with E-state index in [1.165, 1.54) is 0 Å². The van der Waals surface area contributed by atoms with Crippen molar-refractivity contribution in [3.63, 3.8) is 0 Å². The van der Waals surface area contributed by atoms with Gasteiger partial charge >= 0.3 is 0 Å². The summed E-state index contributed by atoms with van der Waals surface area (Å²) < 4.78 is 6.63. The molecule has 1 aliphatic heterocycles. The van der Waals surface area contributed by atoms with Gasteiger partial charge in [0, 0.05) is 6.54 Å². The number of rotatable bonds is 2. The molecular formula is C12H14N4O2S. The van der Waals surface area contributed by atoms with Crippen LogP contribution in [-0.2, 0) is 4.74 Å². The van der Waals surface area contributed by atoms with Crippen LogP contribution < -0.4 is 10.6 Å². The van der Waals surface area contributed by atoms with E-state index in [4.69, 9.17) is 15.7 Å². The van der Waals surface area contributed by atoms with E-state index in [0.717, 1.165) is 21.9 Å². The summed E-state index contributed by atoms with van der Waals surface area (Å²) in [7, 11) is 0. The van der Waals surface area contributed by atoms with Crippen LogP contribution in [0, 0.1) is 0 Å². The summed E-state index contributed by atoms with van der Waals surface area (Å²) in [6.45, 7) is 1.85. The molecule has 1 atom stereocenters. The molecule has 0 radical (unpaired) electrons. The first kappa shape index (κ1) is 12.2. The Morgan fingerprint density at radius 2 is 2.37 bits per heavy atom. The van der Waals surface area contributed by atoms with Gasteiger partial charge in [0.1, 0.15) is 6.10 Å². The molecule has 3 rings (SSSR count). The number of anilines is 1. The van der Waals surface area contributed by atoms with E-state index in [0.29, 0.717) is 13.2 Å². The van der Waals surface area contributed by atoms with Gasteiger partial charge in [0.15, 0.2) is 11.0 Å². The third kappa shape index (κ3) is 2.34. The smallest absolute Gasteiger partial charge is 0.186 e. The predicted octanol–water partition coefficient (Wildman–Crippen LogP) is 1.25. The largest absolute Gasteiger partial charge is 0.409 e. The minimum Gasteiger partial charge on any atom is -0.409 e. The Balaban J connectivity index is 1.85. The summed E-state index contributed by atoms with van der Waals surface area (Å²) in [6, 6.07) is 8.03. The fraction of sp³-hybridized carbons (Fsp3) is 0.333. The first-order valence-corrected chi connectivity index (χ1v) is 6.79. The average Bonchev–Trinajstić information content (AvgIpc) is 2.90. The number of fused-ring (bicyclic) bond motifs is 1. The zero-order chi connectivity index (χ0) is 13.2. The number of nitrogens with two attached hydrogens (primary N) is 1. The number of hydrogen-bond donors (Lipinski definition) is 2. The number of hydrogen-bond acceptors (Lipinski definition) is 6. The molecule has 0 aliphatic carbocycles. The van der Waals surface area contributed by atoms with Gasteiger partial charge in [-0.25, -0.2) is 4.98 Å². The predicted molar refractivity (Wildman–Crippen MR) is 75.0 cm³/mol. The minimum atomic E-state index is -0.384. The lowest BCUT2D eigenvalue weighted by molar-refractivity contribution is 0.0807. The van der Waals surface area contributed by atoms with Gasteiger partial charge in [-0.2, -0.15) is 0 Å². The van der Waals surface area contributed by atoms with Gasteiger partial charge in [0.25, 0.3) is 0 Å². The SMILES string of the molecule is NC(=NO)C1CN(c2nc3ccccc3s2)CCO1. The van der Waals surface area contributed by atoms with E-state index in [1.807, 2.05) is 18.2 Å². The van der Waals surface area contributed by atoms with Gasteiger partial charge in [0.2, 0.25) is 0 Å². The molecule has 0 saturated carbocycles. The van der Waals surface area contributed by atoms with Gasteiger partial charge < -0.3 is 20.6 Å². The lowest BCUT2D eigenvalue weighted by Crippen LogP contribution is -2.48. The third-order valence-corrected chi connectivity index (χ3v) is 4.16. The van der Waals surface area contributed by atoms with E-state index in [1.54, 1.807) is 11.3 Å². The van der Waals surface area contributed by atoms with Crippen molar-refractivity contribution in [3.05, 3.63) is 24.3 Å². The Bertz CT molecular complexity index is 580. The lowest BCUT2D eigenvalue weighted by Gasteiger charge is -2.31. The van der Waals surface area contributed by atoms with E-state index in [-0.39, 0.29) is 11.9 Å². The first-order chi connectivity index (χ1) is 9.28. The topological polar surface area (TPSA) is 84.0 Å². The quantitative estimate of drug-likeness (QED) is 0.374. The van der Waals surface area contributed by atoms with Gasteiger partial charge in [-0.05, 0) is 12.1 Å². The zero-order valence-electron chi connectivity index (χ0n) is 10.2. The van der Waals surface area contributed by atoms with Gasteiger partial charge in [0.05, 0.1) is 23.4 Å². The van der Waals surface area contributed by atoms with Crippen LogP contribution in [0.5, 0.6) is 0 Å². The maximum Gasteiger partial charge on any atom is 0.186 e. The van der Waals surface area contributed by atoms with Crippen molar-refractivity contribution in [2.45, 2.75) is 6.10 Å². The van der Waals surface area contributed by atoms with E-state index in [9.17, 15) is 0 Å². The average molecular weight is 278 g/mol. The van der Waals surface area contributed by atoms with Crippen LogP contribution in [0.1, 0.15) is 0 Å². The number of ether oxygens (including phenoxy) is 1. The molecule has 1 saturated heterocycles. The van der Waals surface area contributed by atoms with Crippen LogP contribution >= 0.6 is 11.3 Å². The van der Waals surface area contributed by atoms with Crippen LogP contribution in [0.25, 0.3) is 10.2 Å². The maximum atomic E-state index is 8.71. The fourth-order valence-corrected chi connectivity index (χ4v) is 3.06. The Hall–Kier alpha value is -1.86. The molecule has 100 valence electrons. The summed E-state index contributed by atoms with van der Waals surface area (Å²) in [6.07, 6.45) is -0.384. The molecule has 3 N–H and O–H groups in total. The van der Waals surface area contributed by atoms with Gasteiger partial charge in [-0.1, -0.05) is 28.6 Å². The summed E-state index contributed by atoms with van der Waals surface area (Å²) in [4.78, 5) is 6.71. The molecule has 0 bridgehead atoms. The van der Waals surface area contributed by atoms with Crippen molar-refractivity contribution in [1.29, 1.82) is 0 Å². The molecule has 1 aliphatic rings. The molecule has 2 aromatic rings. The number of thiazole rings is 1. The standard InChI is InChI=1S/C12H14N4O2S/c13-11(15-17)9-7-16(5-6-18-9)12-14-8-3-1-2-4-10(8)19-12/h1-4,9,17H,5-7H2,(H2,13,15). The van der Waals surface area contributed by atoms with Gasteiger partial charge in [-0.3, -0.25) is 0 Å². The van der Waals surface area contributed by atoms with Crippen molar-refractivity contribution in [2.75, 3.05) is 24.6 Å². The molecule has 7 heteroatoms. The molecule has 1 aromatic heterocycles. The number of benzene rings is 1. The van der Waals surface area contributed by atoms with Crippen LogP contribution in [-0.4, -0.2) is 41.8 Å². The number of oxime groups is 1. The molecule has 2 heterocycles. The maximum absolute atomic E-state index is 8.71. The van der Waals surface area contributed by atoms with E-state index >= 15 is 0 Å². The fourth-order valence-electron chi connectivity index (χ4n) is 2.06. The van der Waals surface area contributed by atoms with E-state index in [2.05, 4.69) is 21.1 Å². The second-order valence-corrected chi connectivity index (χ2v) is 5.30. The molecule has 6 nitrogen and oxygen atoms in total. The van der Waals surface area contributed by atoms with Gasteiger partial charge in [-0.15, -0.1) is 0 Å². The second-order valence-electron chi connectivity index (χ2n) is 4.29.